The number of carbonyl (C=O) groups excluding carboxylic acids is 2. The number of amides is 2. The smallest absolute Gasteiger partial charge is 0.252 e. The Hall–Kier alpha value is -2.15. The van der Waals surface area contributed by atoms with Crippen molar-refractivity contribution in [3.05, 3.63) is 23.9 Å². The van der Waals surface area contributed by atoms with E-state index < -0.39 is 0 Å². The van der Waals surface area contributed by atoms with E-state index in [0.717, 1.165) is 51.3 Å². The Morgan fingerprint density at radius 2 is 1.96 bits per heavy atom. The van der Waals surface area contributed by atoms with Crippen LogP contribution in [0.15, 0.2) is 18.3 Å². The number of anilines is 1. The predicted molar refractivity (Wildman–Crippen MR) is 101 cm³/mol. The lowest BCUT2D eigenvalue weighted by Gasteiger charge is -2.35. The maximum atomic E-state index is 12.1. The number of hydrogen-bond acceptors (Lipinski definition) is 5. The highest BCUT2D eigenvalue weighted by molar-refractivity contribution is 5.94. The zero-order valence-corrected chi connectivity index (χ0v) is 15.9. The minimum absolute atomic E-state index is 0.119. The van der Waals surface area contributed by atoms with Crippen LogP contribution in [0.3, 0.4) is 0 Å². The molecule has 1 fully saturated rings. The number of nitrogens with zero attached hydrogens (tertiary/aromatic N) is 3. The third-order valence-electron chi connectivity index (χ3n) is 4.52. The minimum atomic E-state index is -0.119. The highest BCUT2D eigenvalue weighted by Gasteiger charge is 2.21. The van der Waals surface area contributed by atoms with Crippen molar-refractivity contribution in [3.8, 4) is 0 Å². The summed E-state index contributed by atoms with van der Waals surface area (Å²) in [7, 11) is 1.64. The summed E-state index contributed by atoms with van der Waals surface area (Å²) >= 11 is 0. The van der Waals surface area contributed by atoms with Crippen molar-refractivity contribution in [2.24, 2.45) is 0 Å². The number of aromatic nitrogens is 1. The first-order valence-corrected chi connectivity index (χ1v) is 9.41. The van der Waals surface area contributed by atoms with Gasteiger partial charge in [0.05, 0.1) is 5.56 Å². The van der Waals surface area contributed by atoms with E-state index in [1.54, 1.807) is 19.4 Å². The molecule has 0 aliphatic carbocycles. The lowest BCUT2D eigenvalue weighted by molar-refractivity contribution is -0.131. The van der Waals surface area contributed by atoms with E-state index in [-0.39, 0.29) is 11.8 Å². The van der Waals surface area contributed by atoms with Crippen LogP contribution in [0.1, 0.15) is 43.0 Å². The Bertz CT molecular complexity index is 569. The molecule has 1 aromatic heterocycles. The lowest BCUT2D eigenvalue weighted by Crippen LogP contribution is -2.49. The second kappa shape index (κ2) is 10.8. The topological polar surface area (TPSA) is 74.8 Å². The van der Waals surface area contributed by atoms with Gasteiger partial charge in [-0.1, -0.05) is 13.3 Å². The van der Waals surface area contributed by atoms with Crippen molar-refractivity contribution >= 4 is 17.6 Å². The Morgan fingerprint density at radius 3 is 2.58 bits per heavy atom. The van der Waals surface area contributed by atoms with Crippen LogP contribution in [0.25, 0.3) is 0 Å². The van der Waals surface area contributed by atoms with Crippen molar-refractivity contribution < 1.29 is 14.3 Å². The van der Waals surface area contributed by atoms with Gasteiger partial charge in [0.15, 0.2) is 0 Å². The monoisotopic (exact) mass is 362 g/mol. The molecule has 7 nitrogen and oxygen atoms in total. The number of pyridine rings is 1. The summed E-state index contributed by atoms with van der Waals surface area (Å²) in [5.41, 5.74) is 0.555. The number of carbonyl (C=O) groups is 2. The van der Waals surface area contributed by atoms with E-state index in [4.69, 9.17) is 4.74 Å². The molecule has 1 aliphatic rings. The molecule has 1 aliphatic heterocycles. The highest BCUT2D eigenvalue weighted by atomic mass is 16.5. The zero-order chi connectivity index (χ0) is 18.8. The molecule has 7 heteroatoms. The third-order valence-corrected chi connectivity index (χ3v) is 4.52. The van der Waals surface area contributed by atoms with Gasteiger partial charge in [-0.3, -0.25) is 9.59 Å². The van der Waals surface area contributed by atoms with Gasteiger partial charge >= 0.3 is 0 Å². The first-order valence-electron chi connectivity index (χ1n) is 9.41. The molecule has 2 heterocycles. The largest absolute Gasteiger partial charge is 0.385 e. The number of methoxy groups -OCH3 is 1. The van der Waals surface area contributed by atoms with E-state index in [0.29, 0.717) is 25.1 Å². The molecule has 0 spiro atoms. The quantitative estimate of drug-likeness (QED) is 0.677. The molecule has 0 saturated carbocycles. The summed E-state index contributed by atoms with van der Waals surface area (Å²) in [6.45, 7) is 6.31. The van der Waals surface area contributed by atoms with Crippen LogP contribution in [0, 0.1) is 0 Å². The molecule has 2 amide bonds. The number of unbranched alkanes of at least 4 members (excludes halogenated alkanes) is 1. The summed E-state index contributed by atoms with van der Waals surface area (Å²) in [6, 6.07) is 3.67. The van der Waals surface area contributed by atoms with E-state index in [1.165, 1.54) is 0 Å². The number of nitrogens with one attached hydrogen (secondary N) is 1. The van der Waals surface area contributed by atoms with Gasteiger partial charge in [0.1, 0.15) is 5.82 Å². The lowest BCUT2D eigenvalue weighted by atomic mass is 10.2. The SMILES string of the molecule is CCCCC(=O)N1CCN(c2ccc(C(=O)NCCCOC)cn2)CC1. The number of rotatable bonds is 9. The van der Waals surface area contributed by atoms with Gasteiger partial charge in [-0.25, -0.2) is 4.98 Å². The van der Waals surface area contributed by atoms with Crippen molar-refractivity contribution in [1.29, 1.82) is 0 Å². The summed E-state index contributed by atoms with van der Waals surface area (Å²) in [6.07, 6.45) is 5.04. The van der Waals surface area contributed by atoms with Crippen molar-refractivity contribution in [2.75, 3.05) is 51.3 Å². The number of ether oxygens (including phenoxy) is 1. The average molecular weight is 362 g/mol. The van der Waals surface area contributed by atoms with Crippen LogP contribution in [0.2, 0.25) is 0 Å². The van der Waals surface area contributed by atoms with E-state index in [1.807, 2.05) is 11.0 Å². The standard InChI is InChI=1S/C19H30N4O3/c1-3-4-6-18(24)23-12-10-22(11-13-23)17-8-7-16(15-21-17)19(25)20-9-5-14-26-2/h7-8,15H,3-6,9-14H2,1-2H3,(H,20,25). The first kappa shape index (κ1) is 20.2. The summed E-state index contributed by atoms with van der Waals surface area (Å²) < 4.78 is 4.96. The van der Waals surface area contributed by atoms with E-state index in [9.17, 15) is 9.59 Å². The van der Waals surface area contributed by atoms with Crippen molar-refractivity contribution in [3.63, 3.8) is 0 Å². The van der Waals surface area contributed by atoms with Crippen LogP contribution >= 0.6 is 0 Å². The summed E-state index contributed by atoms with van der Waals surface area (Å²) in [4.78, 5) is 32.7. The fraction of sp³-hybridized carbons (Fsp3) is 0.632. The van der Waals surface area contributed by atoms with Crippen molar-refractivity contribution in [1.82, 2.24) is 15.2 Å². The molecule has 26 heavy (non-hydrogen) atoms. The normalized spacial score (nSPS) is 14.4. The van der Waals surface area contributed by atoms with Gasteiger partial charge in [-0.15, -0.1) is 0 Å². The van der Waals surface area contributed by atoms with Crippen LogP contribution < -0.4 is 10.2 Å². The molecule has 144 valence electrons. The van der Waals surface area contributed by atoms with Crippen LogP contribution in [0.5, 0.6) is 0 Å². The molecule has 1 saturated heterocycles. The van der Waals surface area contributed by atoms with Gasteiger partial charge in [0, 0.05) is 59.1 Å². The van der Waals surface area contributed by atoms with Crippen molar-refractivity contribution in [2.45, 2.75) is 32.6 Å². The Balaban J connectivity index is 1.80. The molecule has 1 aromatic rings. The second-order valence-electron chi connectivity index (χ2n) is 6.48. The van der Waals surface area contributed by atoms with Gasteiger partial charge in [0.25, 0.3) is 5.91 Å². The molecular formula is C19H30N4O3. The van der Waals surface area contributed by atoms with Gasteiger partial charge in [-0.2, -0.15) is 0 Å². The maximum absolute atomic E-state index is 12.1. The van der Waals surface area contributed by atoms with Crippen LogP contribution in [-0.4, -0.2) is 68.1 Å². The molecule has 0 atom stereocenters. The predicted octanol–water partition coefficient (Wildman–Crippen LogP) is 1.69. The fourth-order valence-electron chi connectivity index (χ4n) is 2.90. The van der Waals surface area contributed by atoms with Gasteiger partial charge < -0.3 is 19.9 Å². The molecule has 0 unspecified atom stereocenters. The fourth-order valence-corrected chi connectivity index (χ4v) is 2.90. The zero-order valence-electron chi connectivity index (χ0n) is 15.9. The number of hydrogen-bond donors (Lipinski definition) is 1. The molecular weight excluding hydrogens is 332 g/mol. The highest BCUT2D eigenvalue weighted by Crippen LogP contribution is 2.15. The Kier molecular flexibility index (Phi) is 8.34. The Labute approximate surface area is 155 Å². The summed E-state index contributed by atoms with van der Waals surface area (Å²) in [5, 5.41) is 2.85. The molecule has 2 rings (SSSR count). The van der Waals surface area contributed by atoms with Crippen LogP contribution in [0.4, 0.5) is 5.82 Å². The summed E-state index contributed by atoms with van der Waals surface area (Å²) in [5.74, 6) is 0.980. The van der Waals surface area contributed by atoms with Crippen LogP contribution in [-0.2, 0) is 9.53 Å². The molecule has 1 N–H and O–H groups in total. The molecule has 0 radical (unpaired) electrons. The third kappa shape index (κ3) is 5.98. The van der Waals surface area contributed by atoms with Gasteiger partial charge in [0.2, 0.25) is 5.91 Å². The van der Waals surface area contributed by atoms with E-state index in [2.05, 4.69) is 22.1 Å². The maximum Gasteiger partial charge on any atom is 0.252 e. The second-order valence-corrected chi connectivity index (χ2v) is 6.48. The number of piperazine rings is 1. The minimum Gasteiger partial charge on any atom is -0.385 e. The average Bonchev–Trinajstić information content (AvgIpc) is 2.69. The van der Waals surface area contributed by atoms with E-state index >= 15 is 0 Å². The molecule has 0 aromatic carbocycles. The first-order chi connectivity index (χ1) is 12.7. The Morgan fingerprint density at radius 1 is 1.19 bits per heavy atom. The molecule has 0 bridgehead atoms. The van der Waals surface area contributed by atoms with Gasteiger partial charge in [-0.05, 0) is 25.0 Å².